The van der Waals surface area contributed by atoms with E-state index in [1.807, 2.05) is 218 Å². The molecule has 24 rings (SSSR count). The molecule has 0 radical (unpaired) electrons. The van der Waals surface area contributed by atoms with E-state index in [0.29, 0.717) is 0 Å². The van der Waals surface area contributed by atoms with Crippen molar-refractivity contribution < 1.29 is 60.3 Å². The molecule has 0 unspecified atom stereocenters. The van der Waals surface area contributed by atoms with Crippen molar-refractivity contribution in [2.45, 2.75) is 41.5 Å². The molecule has 0 atom stereocenters. The van der Waals surface area contributed by atoms with Gasteiger partial charge in [-0.25, -0.2) is 68.0 Å². The molecule has 0 aliphatic rings. The molecule has 9 aromatic carbocycles. The predicted molar refractivity (Wildman–Crippen MR) is 534 cm³/mol. The number of aryl methyl sites for hydroxylation is 6. The van der Waals surface area contributed by atoms with E-state index in [1.54, 1.807) is 86.6 Å². The fraction of sp³-hybridized carbons (Fsp3) is 0.0541. The van der Waals surface area contributed by atoms with Crippen molar-refractivity contribution >= 4 is 163 Å². The van der Waals surface area contributed by atoms with Gasteiger partial charge >= 0.3 is 60.3 Å². The number of rotatable bonds is 6. The summed E-state index contributed by atoms with van der Waals surface area (Å²) in [5.74, 6) is 0. The quantitative estimate of drug-likeness (QED) is 0.119. The van der Waals surface area contributed by atoms with Gasteiger partial charge in [0.2, 0.25) is 0 Å². The first kappa shape index (κ1) is 94.4. The SMILES string of the molecule is Cc1c[c-]c(-c2ccccn2)s1.Cc1c[c-]c(-c2ccccn2)s1.Cc1cc[c-]c2c1ccc1cccnc12.Cc1cc[c-]c2c1ccc1cccnc12.Cc1ccc2[c-]c(-c3ccccn3)sc2c1.Cc1ccc2[c-]c(-c3ccccn3)sc2c1.[Ir+3].[Ir+3].[Ir+3].[c-]1c(-c2ccccn2)sc2ccccc12.[c-]1cccc2ccc3cccnc3c12.[c-]1ccsc1-c1ccccn1. The predicted octanol–water partition coefficient (Wildman–Crippen LogP) is 30.5. The van der Waals surface area contributed by atoms with Crippen LogP contribution in [-0.4, -0.2) is 44.9 Å². The number of thiophene rings is 6. The maximum Gasteiger partial charge on any atom is 3.00 e. The normalized spacial score (nSPS) is 10.4. The van der Waals surface area contributed by atoms with Crippen LogP contribution in [0, 0.1) is 96.1 Å². The van der Waals surface area contributed by atoms with Gasteiger partial charge in [-0.1, -0.05) is 215 Å². The Bertz CT molecular complexity index is 7230. The second kappa shape index (κ2) is 47.2. The van der Waals surface area contributed by atoms with Gasteiger partial charge in [-0.2, -0.15) is 36.4 Å². The molecule has 0 fully saturated rings. The largest absolute Gasteiger partial charge is 3.00 e. The number of nitrogens with zero attached hydrogens (tertiary/aromatic N) is 9. The molecule has 15 aromatic heterocycles. The molecule has 630 valence electrons. The second-order valence-electron chi connectivity index (χ2n) is 28.7. The minimum absolute atomic E-state index is 0. The zero-order valence-electron chi connectivity index (χ0n) is 70.6. The van der Waals surface area contributed by atoms with Gasteiger partial charge in [0, 0.05) is 72.9 Å². The number of benzene rings is 9. The Kier molecular flexibility index (Phi) is 34.6. The van der Waals surface area contributed by atoms with Crippen LogP contribution in [0.2, 0.25) is 0 Å². The van der Waals surface area contributed by atoms with Crippen molar-refractivity contribution in [2.75, 3.05) is 0 Å². The molecule has 0 saturated carbocycles. The Labute approximate surface area is 816 Å². The zero-order chi connectivity index (χ0) is 86.2. The molecular formula is C111H78Ir3N9S6. The van der Waals surface area contributed by atoms with Gasteiger partial charge in [-0.15, -0.1) is 180 Å². The van der Waals surface area contributed by atoms with Gasteiger partial charge < -0.3 is 44.9 Å². The number of hydrogen-bond donors (Lipinski definition) is 0. The smallest absolute Gasteiger partial charge is 0.319 e. The van der Waals surface area contributed by atoms with Crippen LogP contribution in [0.1, 0.15) is 32.0 Å². The van der Waals surface area contributed by atoms with Crippen LogP contribution in [0.5, 0.6) is 0 Å². The molecule has 0 saturated heterocycles. The van der Waals surface area contributed by atoms with E-state index in [2.05, 4.69) is 268 Å². The van der Waals surface area contributed by atoms with Crippen LogP contribution >= 0.6 is 68.0 Å². The summed E-state index contributed by atoms with van der Waals surface area (Å²) >= 11 is 10.3. The monoisotopic (exact) mass is 2310 g/mol. The van der Waals surface area contributed by atoms with Crippen LogP contribution in [0.4, 0.5) is 0 Å². The van der Waals surface area contributed by atoms with Crippen molar-refractivity contribution in [3.8, 4) is 63.4 Å². The van der Waals surface area contributed by atoms with Crippen LogP contribution in [0.25, 0.3) is 159 Å². The Morgan fingerprint density at radius 1 is 0.240 bits per heavy atom. The summed E-state index contributed by atoms with van der Waals surface area (Å²) in [6.07, 6.45) is 16.3. The molecule has 9 nitrogen and oxygen atoms in total. The summed E-state index contributed by atoms with van der Waals surface area (Å²) in [6.45, 7) is 12.6. The topological polar surface area (TPSA) is 116 Å². The Morgan fingerprint density at radius 2 is 0.589 bits per heavy atom. The molecule has 15 heterocycles. The first-order valence-electron chi connectivity index (χ1n) is 40.5. The summed E-state index contributed by atoms with van der Waals surface area (Å²) < 4.78 is 3.82. The van der Waals surface area contributed by atoms with Crippen molar-refractivity contribution in [2.24, 2.45) is 0 Å². The maximum atomic E-state index is 4.42. The molecule has 0 aliphatic carbocycles. The summed E-state index contributed by atoms with van der Waals surface area (Å²) in [5, 5.41) is 16.1. The van der Waals surface area contributed by atoms with Gasteiger partial charge in [-0.3, -0.25) is 0 Å². The Balaban J connectivity index is 0.000000124. The number of pyridine rings is 9. The van der Waals surface area contributed by atoms with Crippen LogP contribution in [0.15, 0.2) is 364 Å². The molecule has 0 bridgehead atoms. The average molecular weight is 2310 g/mol. The summed E-state index contributed by atoms with van der Waals surface area (Å²) in [7, 11) is 0. The summed E-state index contributed by atoms with van der Waals surface area (Å²) in [5.41, 5.74) is 14.3. The van der Waals surface area contributed by atoms with E-state index in [4.69, 9.17) is 0 Å². The molecule has 0 amide bonds. The van der Waals surface area contributed by atoms with E-state index in [-0.39, 0.29) is 60.3 Å². The first-order chi connectivity index (χ1) is 61.9. The van der Waals surface area contributed by atoms with Crippen molar-refractivity contribution in [1.82, 2.24) is 44.9 Å². The summed E-state index contributed by atoms with van der Waals surface area (Å²) in [4.78, 5) is 48.1. The van der Waals surface area contributed by atoms with E-state index >= 15 is 0 Å². The standard InChI is InChI=1S/2C14H10NS.2C14H10N.C13H8NS.C13H8N.2C10H8NS.C9H6NS.3Ir/c2*1-10-5-6-11-9-14(16-13(11)8-10)12-4-2-3-7-15-12;2*1-10-4-2-6-13-12(10)8-7-11-5-3-9-15-14(11)13;1-2-7-12-10(5-1)9-13(15-12)11-6-3-4-8-14-11;1-2-6-12-10(4-1)7-8-11-5-3-9-14-13(11)12;2*1-8-5-6-10(12-8)9-4-2-3-7-11-9;1-2-6-10-8(4-1)9-5-3-7-11-9;;;/h2*2-8H,1H3;2*2-5,7-9H,1H3;1-8H;1-5,7-9H;2*2-5,7H,1H3;1-4,6-7H;;;/q9*-1;3*+3. The first-order valence-corrected chi connectivity index (χ1v) is 45.5. The Hall–Kier alpha value is -12.2. The molecule has 0 spiro atoms. The molecule has 129 heavy (non-hydrogen) atoms. The summed E-state index contributed by atoms with van der Waals surface area (Å²) in [6, 6.07) is 131. The van der Waals surface area contributed by atoms with Gasteiger partial charge in [0.25, 0.3) is 0 Å². The van der Waals surface area contributed by atoms with E-state index < -0.39 is 0 Å². The van der Waals surface area contributed by atoms with Gasteiger partial charge in [0.05, 0.1) is 0 Å². The van der Waals surface area contributed by atoms with E-state index in [0.717, 1.165) is 96.1 Å². The third-order valence-electron chi connectivity index (χ3n) is 19.7. The van der Waals surface area contributed by atoms with Crippen molar-refractivity contribution in [3.05, 3.63) is 451 Å². The fourth-order valence-corrected chi connectivity index (χ4v) is 18.8. The van der Waals surface area contributed by atoms with Crippen molar-refractivity contribution in [3.63, 3.8) is 0 Å². The van der Waals surface area contributed by atoms with Crippen molar-refractivity contribution in [1.29, 1.82) is 0 Å². The Morgan fingerprint density at radius 3 is 0.977 bits per heavy atom. The third-order valence-corrected chi connectivity index (χ3v) is 25.7. The third kappa shape index (κ3) is 25.0. The average Bonchev–Trinajstić information content (AvgIpc) is 1.64. The van der Waals surface area contributed by atoms with Crippen LogP contribution in [0.3, 0.4) is 0 Å². The molecule has 24 aromatic rings. The van der Waals surface area contributed by atoms with Crippen LogP contribution in [-0.2, 0) is 60.3 Å². The number of fused-ring (bicyclic) bond motifs is 12. The van der Waals surface area contributed by atoms with Gasteiger partial charge in [-0.05, 0) is 147 Å². The number of aromatic nitrogens is 9. The molecule has 0 N–H and O–H groups in total. The molecule has 0 aliphatic heterocycles. The van der Waals surface area contributed by atoms with E-state index in [1.165, 1.54) is 94.6 Å². The van der Waals surface area contributed by atoms with Crippen LogP contribution < -0.4 is 0 Å². The fourth-order valence-electron chi connectivity index (χ4n) is 13.5. The second-order valence-corrected chi connectivity index (χ2v) is 35.3. The number of hydrogen-bond acceptors (Lipinski definition) is 15. The van der Waals surface area contributed by atoms with Gasteiger partial charge in [0.15, 0.2) is 0 Å². The zero-order valence-corrected chi connectivity index (χ0v) is 82.7. The molecule has 18 heteroatoms. The maximum absolute atomic E-state index is 4.42. The van der Waals surface area contributed by atoms with E-state index in [9.17, 15) is 0 Å². The van der Waals surface area contributed by atoms with Gasteiger partial charge in [0.1, 0.15) is 0 Å². The molecular weight excluding hydrogens is 2230 g/mol. The minimum atomic E-state index is 0. The minimum Gasteiger partial charge on any atom is -0.319 e.